The van der Waals surface area contributed by atoms with E-state index in [2.05, 4.69) is 22.0 Å². The minimum Gasteiger partial charge on any atom is -0.483 e. The van der Waals surface area contributed by atoms with Crippen molar-refractivity contribution >= 4 is 17.5 Å². The summed E-state index contributed by atoms with van der Waals surface area (Å²) in [6, 6.07) is 12.3. The number of hydrogen-bond donors (Lipinski definition) is 1. The van der Waals surface area contributed by atoms with Gasteiger partial charge in [-0.05, 0) is 42.8 Å². The molecule has 1 amide bonds. The highest BCUT2D eigenvalue weighted by atomic mass is 35.5. The molecule has 2 fully saturated rings. The summed E-state index contributed by atoms with van der Waals surface area (Å²) >= 11 is 6.23. The SMILES string of the molecule is CC1CN(Cc2ccc(F)cc2)CCN1C(=O)COc1ccc(Cl)cc1CN1CCNCC1. The second-order valence-corrected chi connectivity index (χ2v) is 9.30. The number of hydrogen-bond acceptors (Lipinski definition) is 5. The molecule has 1 atom stereocenters. The van der Waals surface area contributed by atoms with E-state index >= 15 is 0 Å². The largest absolute Gasteiger partial charge is 0.483 e. The van der Waals surface area contributed by atoms with E-state index in [0.717, 1.165) is 63.5 Å². The van der Waals surface area contributed by atoms with Crippen LogP contribution >= 0.6 is 11.6 Å². The van der Waals surface area contributed by atoms with Crippen LogP contribution in [-0.4, -0.2) is 79.1 Å². The first-order chi connectivity index (χ1) is 16.0. The van der Waals surface area contributed by atoms with Gasteiger partial charge in [0.15, 0.2) is 6.61 Å². The molecule has 0 bridgehead atoms. The molecule has 33 heavy (non-hydrogen) atoms. The van der Waals surface area contributed by atoms with Crippen LogP contribution in [0.15, 0.2) is 42.5 Å². The van der Waals surface area contributed by atoms with Gasteiger partial charge in [-0.15, -0.1) is 0 Å². The summed E-state index contributed by atoms with van der Waals surface area (Å²) in [5.74, 6) is 0.486. The highest BCUT2D eigenvalue weighted by molar-refractivity contribution is 6.30. The number of ether oxygens (including phenoxy) is 1. The Labute approximate surface area is 200 Å². The number of nitrogens with one attached hydrogen (secondary N) is 1. The molecule has 0 aromatic heterocycles. The van der Waals surface area contributed by atoms with Crippen molar-refractivity contribution in [1.82, 2.24) is 20.0 Å². The van der Waals surface area contributed by atoms with Crippen molar-refractivity contribution in [3.8, 4) is 5.75 Å². The molecule has 2 aliphatic rings. The number of amides is 1. The lowest BCUT2D eigenvalue weighted by Gasteiger charge is -2.40. The van der Waals surface area contributed by atoms with Crippen LogP contribution in [0.25, 0.3) is 0 Å². The van der Waals surface area contributed by atoms with E-state index in [-0.39, 0.29) is 24.4 Å². The third kappa shape index (κ3) is 6.67. The van der Waals surface area contributed by atoms with E-state index in [9.17, 15) is 9.18 Å². The van der Waals surface area contributed by atoms with Crippen LogP contribution in [0.3, 0.4) is 0 Å². The zero-order valence-electron chi connectivity index (χ0n) is 19.1. The predicted molar refractivity (Wildman–Crippen MR) is 128 cm³/mol. The molecule has 178 valence electrons. The number of rotatable bonds is 7. The standard InChI is InChI=1S/C25H32ClFN4O2/c1-19-15-30(16-20-2-5-23(27)6-3-20)12-13-31(19)25(32)18-33-24-7-4-22(26)14-21(24)17-29-10-8-28-9-11-29/h2-7,14,19,28H,8-13,15-18H2,1H3. The summed E-state index contributed by atoms with van der Waals surface area (Å²) in [5, 5.41) is 4.03. The molecule has 2 aliphatic heterocycles. The van der Waals surface area contributed by atoms with Gasteiger partial charge in [0.25, 0.3) is 5.91 Å². The van der Waals surface area contributed by atoms with Crippen molar-refractivity contribution in [2.45, 2.75) is 26.1 Å². The fourth-order valence-corrected chi connectivity index (χ4v) is 4.73. The van der Waals surface area contributed by atoms with Gasteiger partial charge in [0.2, 0.25) is 0 Å². The van der Waals surface area contributed by atoms with E-state index < -0.39 is 0 Å². The lowest BCUT2D eigenvalue weighted by atomic mass is 10.1. The van der Waals surface area contributed by atoms with Crippen molar-refractivity contribution < 1.29 is 13.9 Å². The van der Waals surface area contributed by atoms with E-state index in [4.69, 9.17) is 16.3 Å². The summed E-state index contributed by atoms with van der Waals surface area (Å²) in [5.41, 5.74) is 2.08. The normalized spacial score (nSPS) is 20.1. The predicted octanol–water partition coefficient (Wildman–Crippen LogP) is 3.00. The number of carbonyl (C=O) groups is 1. The van der Waals surface area contributed by atoms with Crippen LogP contribution in [0.1, 0.15) is 18.1 Å². The van der Waals surface area contributed by atoms with Crippen LogP contribution < -0.4 is 10.1 Å². The van der Waals surface area contributed by atoms with Gasteiger partial charge in [0, 0.05) is 75.5 Å². The molecular weight excluding hydrogens is 443 g/mol. The molecule has 4 rings (SSSR count). The Morgan fingerprint density at radius 1 is 1.06 bits per heavy atom. The molecule has 0 spiro atoms. The highest BCUT2D eigenvalue weighted by Crippen LogP contribution is 2.25. The Morgan fingerprint density at radius 2 is 1.82 bits per heavy atom. The zero-order chi connectivity index (χ0) is 23.2. The van der Waals surface area contributed by atoms with Gasteiger partial charge in [0.05, 0.1) is 0 Å². The third-order valence-corrected chi connectivity index (χ3v) is 6.56. The fraction of sp³-hybridized carbons (Fsp3) is 0.480. The molecule has 8 heteroatoms. The minimum atomic E-state index is -0.223. The number of halogens is 2. The molecule has 2 aromatic carbocycles. The molecule has 1 N–H and O–H groups in total. The van der Waals surface area contributed by atoms with Gasteiger partial charge in [-0.1, -0.05) is 23.7 Å². The second kappa shape index (κ2) is 11.3. The average Bonchev–Trinajstić information content (AvgIpc) is 2.81. The first-order valence-electron chi connectivity index (χ1n) is 11.6. The molecule has 2 saturated heterocycles. The van der Waals surface area contributed by atoms with Crippen molar-refractivity contribution in [3.63, 3.8) is 0 Å². The van der Waals surface area contributed by atoms with Gasteiger partial charge in [0.1, 0.15) is 11.6 Å². The number of nitrogens with zero attached hydrogens (tertiary/aromatic N) is 3. The topological polar surface area (TPSA) is 48.1 Å². The van der Waals surface area contributed by atoms with Crippen LogP contribution in [-0.2, 0) is 17.9 Å². The molecule has 6 nitrogen and oxygen atoms in total. The number of benzene rings is 2. The Morgan fingerprint density at radius 3 is 2.55 bits per heavy atom. The van der Waals surface area contributed by atoms with Crippen LogP contribution in [0, 0.1) is 5.82 Å². The number of carbonyl (C=O) groups excluding carboxylic acids is 1. The van der Waals surface area contributed by atoms with Crippen LogP contribution in [0.2, 0.25) is 5.02 Å². The Kier molecular flexibility index (Phi) is 8.20. The van der Waals surface area contributed by atoms with Crippen LogP contribution in [0.5, 0.6) is 5.75 Å². The zero-order valence-corrected chi connectivity index (χ0v) is 19.9. The van der Waals surface area contributed by atoms with Crippen molar-refractivity contribution in [2.24, 2.45) is 0 Å². The van der Waals surface area contributed by atoms with E-state index in [0.29, 0.717) is 17.3 Å². The maximum atomic E-state index is 13.1. The molecule has 0 radical (unpaired) electrons. The molecule has 2 aromatic rings. The van der Waals surface area contributed by atoms with Gasteiger partial charge < -0.3 is 15.0 Å². The quantitative estimate of drug-likeness (QED) is 0.668. The summed E-state index contributed by atoms with van der Waals surface area (Å²) < 4.78 is 19.1. The second-order valence-electron chi connectivity index (χ2n) is 8.86. The number of piperazine rings is 2. The first kappa shape index (κ1) is 24.0. The Hall–Kier alpha value is -2.19. The monoisotopic (exact) mass is 474 g/mol. The van der Waals surface area contributed by atoms with Crippen molar-refractivity contribution in [3.05, 3.63) is 64.4 Å². The summed E-state index contributed by atoms with van der Waals surface area (Å²) in [4.78, 5) is 19.5. The lowest BCUT2D eigenvalue weighted by molar-refractivity contribution is -0.138. The van der Waals surface area contributed by atoms with Crippen LogP contribution in [0.4, 0.5) is 4.39 Å². The van der Waals surface area contributed by atoms with Crippen molar-refractivity contribution in [1.29, 1.82) is 0 Å². The van der Waals surface area contributed by atoms with Gasteiger partial charge in [-0.3, -0.25) is 14.6 Å². The van der Waals surface area contributed by atoms with E-state index in [1.165, 1.54) is 12.1 Å². The fourth-order valence-electron chi connectivity index (χ4n) is 4.54. The molecular formula is C25H32ClFN4O2. The lowest BCUT2D eigenvalue weighted by Crippen LogP contribution is -2.54. The molecule has 0 saturated carbocycles. The van der Waals surface area contributed by atoms with Gasteiger partial charge in [-0.25, -0.2) is 4.39 Å². The smallest absolute Gasteiger partial charge is 0.260 e. The Balaban J connectivity index is 1.30. The first-order valence-corrected chi connectivity index (χ1v) is 12.0. The molecule has 0 aliphatic carbocycles. The summed E-state index contributed by atoms with van der Waals surface area (Å²) in [7, 11) is 0. The molecule has 2 heterocycles. The highest BCUT2D eigenvalue weighted by Gasteiger charge is 2.28. The third-order valence-electron chi connectivity index (χ3n) is 6.33. The summed E-state index contributed by atoms with van der Waals surface area (Å²) in [6.45, 7) is 9.69. The maximum Gasteiger partial charge on any atom is 0.260 e. The molecule has 1 unspecified atom stereocenters. The van der Waals surface area contributed by atoms with Gasteiger partial charge in [-0.2, -0.15) is 0 Å². The average molecular weight is 475 g/mol. The van der Waals surface area contributed by atoms with E-state index in [1.54, 1.807) is 6.07 Å². The maximum absolute atomic E-state index is 13.1. The minimum absolute atomic E-state index is 0.00740. The Bertz CT molecular complexity index is 937. The van der Waals surface area contributed by atoms with E-state index in [1.807, 2.05) is 29.2 Å². The summed E-state index contributed by atoms with van der Waals surface area (Å²) in [6.07, 6.45) is 0. The van der Waals surface area contributed by atoms with Gasteiger partial charge >= 0.3 is 0 Å². The van der Waals surface area contributed by atoms with Crippen molar-refractivity contribution in [2.75, 3.05) is 52.4 Å².